The highest BCUT2D eigenvalue weighted by molar-refractivity contribution is 5.42. The van der Waals surface area contributed by atoms with Crippen molar-refractivity contribution in [1.29, 1.82) is 0 Å². The lowest BCUT2D eigenvalue weighted by Crippen LogP contribution is -2.19. The van der Waals surface area contributed by atoms with Crippen LogP contribution in [0.25, 0.3) is 5.69 Å². The van der Waals surface area contributed by atoms with Gasteiger partial charge in [-0.15, -0.1) is 0 Å². The van der Waals surface area contributed by atoms with Crippen molar-refractivity contribution in [3.8, 4) is 5.69 Å². The maximum atomic E-state index is 4.36. The number of rotatable bonds is 5. The number of aryl methyl sites for hydroxylation is 2. The highest BCUT2D eigenvalue weighted by Crippen LogP contribution is 2.15. The van der Waals surface area contributed by atoms with E-state index in [1.165, 1.54) is 16.7 Å². The summed E-state index contributed by atoms with van der Waals surface area (Å²) in [4.78, 5) is 0. The van der Waals surface area contributed by atoms with Crippen molar-refractivity contribution >= 4 is 0 Å². The van der Waals surface area contributed by atoms with Crippen molar-refractivity contribution < 1.29 is 0 Å². The molecule has 2 rings (SSSR count). The lowest BCUT2D eigenvalue weighted by molar-refractivity contribution is 0.552. The summed E-state index contributed by atoms with van der Waals surface area (Å²) in [5, 5.41) is 7.83. The largest absolute Gasteiger partial charge is 0.312 e. The maximum Gasteiger partial charge on any atom is 0.0675 e. The summed E-state index contributed by atoms with van der Waals surface area (Å²) in [6.45, 7) is 10.6. The maximum absolute atomic E-state index is 4.36. The Kier molecular flexibility index (Phi) is 4.38. The molecular formula is C16H23N3. The van der Waals surface area contributed by atoms with Crippen LogP contribution < -0.4 is 5.32 Å². The fourth-order valence-electron chi connectivity index (χ4n) is 2.13. The Labute approximate surface area is 115 Å². The normalized spacial score (nSPS) is 11.2. The topological polar surface area (TPSA) is 29.9 Å². The number of aromatic nitrogens is 2. The zero-order valence-corrected chi connectivity index (χ0v) is 12.3. The minimum absolute atomic E-state index is 0.687. The lowest BCUT2D eigenvalue weighted by atomic mass is 10.1. The molecule has 0 saturated carbocycles. The molecule has 3 nitrogen and oxygen atoms in total. The van der Waals surface area contributed by atoms with Gasteiger partial charge in [0.05, 0.1) is 11.9 Å². The highest BCUT2D eigenvalue weighted by Gasteiger charge is 2.04. The van der Waals surface area contributed by atoms with Crippen molar-refractivity contribution in [2.24, 2.45) is 5.92 Å². The van der Waals surface area contributed by atoms with E-state index >= 15 is 0 Å². The van der Waals surface area contributed by atoms with Crippen LogP contribution in [0.3, 0.4) is 0 Å². The Hall–Kier alpha value is -1.61. The molecule has 0 fully saturated rings. The van der Waals surface area contributed by atoms with Crippen LogP contribution in [-0.2, 0) is 6.54 Å². The van der Waals surface area contributed by atoms with Gasteiger partial charge in [0.25, 0.3) is 0 Å². The molecule has 0 aliphatic rings. The third-order valence-electron chi connectivity index (χ3n) is 3.10. The molecule has 0 unspecified atom stereocenters. The zero-order valence-electron chi connectivity index (χ0n) is 12.3. The second kappa shape index (κ2) is 6.02. The highest BCUT2D eigenvalue weighted by atomic mass is 15.3. The first-order valence-corrected chi connectivity index (χ1v) is 6.88. The van der Waals surface area contributed by atoms with Crippen LogP contribution in [0.15, 0.2) is 30.6 Å². The number of hydrogen-bond acceptors (Lipinski definition) is 2. The average molecular weight is 257 g/mol. The molecule has 0 aliphatic carbocycles. The lowest BCUT2D eigenvalue weighted by Gasteiger charge is -2.10. The van der Waals surface area contributed by atoms with Gasteiger partial charge in [0.2, 0.25) is 0 Å². The molecule has 1 heterocycles. The van der Waals surface area contributed by atoms with E-state index in [9.17, 15) is 0 Å². The predicted octanol–water partition coefficient (Wildman–Crippen LogP) is 3.23. The van der Waals surface area contributed by atoms with E-state index in [-0.39, 0.29) is 0 Å². The van der Waals surface area contributed by atoms with Crippen LogP contribution >= 0.6 is 0 Å². The van der Waals surface area contributed by atoms with Gasteiger partial charge in [-0.05, 0) is 49.1 Å². The minimum Gasteiger partial charge on any atom is -0.312 e. The average Bonchev–Trinajstić information content (AvgIpc) is 2.75. The SMILES string of the molecule is Cc1cnn(-c2ccc(CNCC(C)C)cc2C)c1. The van der Waals surface area contributed by atoms with Gasteiger partial charge in [-0.1, -0.05) is 26.0 Å². The summed E-state index contributed by atoms with van der Waals surface area (Å²) in [6.07, 6.45) is 3.94. The summed E-state index contributed by atoms with van der Waals surface area (Å²) in [6, 6.07) is 6.56. The smallest absolute Gasteiger partial charge is 0.0675 e. The first-order valence-electron chi connectivity index (χ1n) is 6.88. The summed E-state index contributed by atoms with van der Waals surface area (Å²) in [5.74, 6) is 0.687. The fraction of sp³-hybridized carbons (Fsp3) is 0.438. The number of benzene rings is 1. The van der Waals surface area contributed by atoms with Crippen LogP contribution in [0.5, 0.6) is 0 Å². The van der Waals surface area contributed by atoms with Crippen LogP contribution in [0.1, 0.15) is 30.5 Å². The Morgan fingerprint density at radius 1 is 1.26 bits per heavy atom. The van der Waals surface area contributed by atoms with Gasteiger partial charge in [-0.2, -0.15) is 5.10 Å². The zero-order chi connectivity index (χ0) is 13.8. The first-order chi connectivity index (χ1) is 9.06. The van der Waals surface area contributed by atoms with Crippen LogP contribution in [0, 0.1) is 19.8 Å². The molecule has 102 valence electrons. The third kappa shape index (κ3) is 3.67. The minimum atomic E-state index is 0.687. The Balaban J connectivity index is 2.09. The molecule has 0 amide bonds. The van der Waals surface area contributed by atoms with E-state index in [1.807, 2.05) is 10.9 Å². The summed E-state index contributed by atoms with van der Waals surface area (Å²) >= 11 is 0. The monoisotopic (exact) mass is 257 g/mol. The first kappa shape index (κ1) is 13.8. The Morgan fingerprint density at radius 2 is 2.05 bits per heavy atom. The fourth-order valence-corrected chi connectivity index (χ4v) is 2.13. The van der Waals surface area contributed by atoms with E-state index in [0.29, 0.717) is 5.92 Å². The van der Waals surface area contributed by atoms with Gasteiger partial charge in [-0.3, -0.25) is 0 Å². The van der Waals surface area contributed by atoms with E-state index < -0.39 is 0 Å². The van der Waals surface area contributed by atoms with Crippen molar-refractivity contribution in [3.05, 3.63) is 47.3 Å². The third-order valence-corrected chi connectivity index (χ3v) is 3.10. The molecular weight excluding hydrogens is 234 g/mol. The molecule has 1 N–H and O–H groups in total. The number of nitrogens with zero attached hydrogens (tertiary/aromatic N) is 2. The van der Waals surface area contributed by atoms with Gasteiger partial charge < -0.3 is 5.32 Å². The van der Waals surface area contributed by atoms with Crippen molar-refractivity contribution in [3.63, 3.8) is 0 Å². The molecule has 1 aromatic carbocycles. The number of hydrogen-bond donors (Lipinski definition) is 1. The van der Waals surface area contributed by atoms with Crippen LogP contribution in [0.4, 0.5) is 0 Å². The molecule has 0 bridgehead atoms. The van der Waals surface area contributed by atoms with Crippen molar-refractivity contribution in [2.75, 3.05) is 6.54 Å². The Morgan fingerprint density at radius 3 is 2.63 bits per heavy atom. The summed E-state index contributed by atoms with van der Waals surface area (Å²) < 4.78 is 1.94. The molecule has 1 aromatic heterocycles. The molecule has 2 aromatic rings. The van der Waals surface area contributed by atoms with E-state index in [2.05, 4.69) is 62.5 Å². The van der Waals surface area contributed by atoms with Crippen LogP contribution in [-0.4, -0.2) is 16.3 Å². The van der Waals surface area contributed by atoms with E-state index in [4.69, 9.17) is 0 Å². The second-order valence-electron chi connectivity index (χ2n) is 5.61. The van der Waals surface area contributed by atoms with E-state index in [0.717, 1.165) is 18.8 Å². The summed E-state index contributed by atoms with van der Waals surface area (Å²) in [5.41, 5.74) is 4.92. The quantitative estimate of drug-likeness (QED) is 0.891. The van der Waals surface area contributed by atoms with Gasteiger partial charge in [0.15, 0.2) is 0 Å². The Bertz CT molecular complexity index is 541. The molecule has 0 radical (unpaired) electrons. The van der Waals surface area contributed by atoms with Gasteiger partial charge >= 0.3 is 0 Å². The summed E-state index contributed by atoms with van der Waals surface area (Å²) in [7, 11) is 0. The predicted molar refractivity (Wildman–Crippen MR) is 79.6 cm³/mol. The van der Waals surface area contributed by atoms with Crippen molar-refractivity contribution in [2.45, 2.75) is 34.2 Å². The molecule has 0 saturated heterocycles. The molecule has 19 heavy (non-hydrogen) atoms. The molecule has 3 heteroatoms. The van der Waals surface area contributed by atoms with E-state index in [1.54, 1.807) is 0 Å². The van der Waals surface area contributed by atoms with Crippen molar-refractivity contribution in [1.82, 2.24) is 15.1 Å². The molecule has 0 spiro atoms. The van der Waals surface area contributed by atoms with Gasteiger partial charge in [-0.25, -0.2) is 4.68 Å². The number of nitrogens with one attached hydrogen (secondary N) is 1. The van der Waals surface area contributed by atoms with Crippen LogP contribution in [0.2, 0.25) is 0 Å². The molecule has 0 aliphatic heterocycles. The molecule has 0 atom stereocenters. The second-order valence-corrected chi connectivity index (χ2v) is 5.61. The standard InChI is InChI=1S/C16H23N3/c1-12(2)8-17-10-15-5-6-16(14(4)7-15)19-11-13(3)9-18-19/h5-7,9,11-12,17H,8,10H2,1-4H3. The van der Waals surface area contributed by atoms with Gasteiger partial charge in [0.1, 0.15) is 0 Å². The van der Waals surface area contributed by atoms with Gasteiger partial charge in [0, 0.05) is 12.7 Å².